The van der Waals surface area contributed by atoms with E-state index in [1.165, 1.54) is 11.0 Å². The van der Waals surface area contributed by atoms with Crippen LogP contribution in [-0.4, -0.2) is 44.0 Å². The van der Waals surface area contributed by atoms with Gasteiger partial charge in [-0.25, -0.2) is 9.29 Å². The van der Waals surface area contributed by atoms with Gasteiger partial charge in [-0.05, 0) is 31.2 Å². The van der Waals surface area contributed by atoms with Gasteiger partial charge in [0, 0.05) is 0 Å². The number of hydrogen-bond donors (Lipinski definition) is 1. The average Bonchev–Trinajstić information content (AvgIpc) is 2.97. The third-order valence-corrected chi connectivity index (χ3v) is 5.53. The van der Waals surface area contributed by atoms with Crippen LogP contribution in [0.15, 0.2) is 48.5 Å². The number of aryl methyl sites for hydroxylation is 1. The molecule has 0 unspecified atom stereocenters. The highest BCUT2D eigenvalue weighted by Gasteiger charge is 2.46. The summed E-state index contributed by atoms with van der Waals surface area (Å²) in [5.41, 5.74) is 2.33. The summed E-state index contributed by atoms with van der Waals surface area (Å²) in [5.74, 6) is -0.491. The molecule has 0 radical (unpaired) electrons. The summed E-state index contributed by atoms with van der Waals surface area (Å²) in [4.78, 5) is 29.8. The number of carbonyl (C=O) groups is 2. The molecule has 6 heteroatoms. The molecule has 2 heterocycles. The molecule has 0 saturated carbocycles. The number of rotatable bonds is 3. The van der Waals surface area contributed by atoms with Gasteiger partial charge in [-0.15, -0.1) is 0 Å². The highest BCUT2D eigenvalue weighted by atomic mass is 19.1. The van der Waals surface area contributed by atoms with Gasteiger partial charge in [0.15, 0.2) is 6.04 Å². The number of benzene rings is 2. The molecular formula is C21H23FN3O2+. The van der Waals surface area contributed by atoms with Crippen LogP contribution < -0.4 is 14.7 Å². The molecule has 0 aromatic heterocycles. The molecule has 0 spiro atoms. The zero-order chi connectivity index (χ0) is 19.0. The predicted octanol–water partition coefficient (Wildman–Crippen LogP) is 1.17. The minimum Gasteiger partial charge on any atom is -0.358 e. The monoisotopic (exact) mass is 368 g/mol. The van der Waals surface area contributed by atoms with Crippen LogP contribution >= 0.6 is 0 Å². The molecule has 2 aliphatic heterocycles. The number of quaternary nitrogens is 1. The summed E-state index contributed by atoms with van der Waals surface area (Å²) in [6.07, 6.45) is 0.238. The minimum absolute atomic E-state index is 0.127. The Balaban J connectivity index is 1.44. The van der Waals surface area contributed by atoms with Crippen molar-refractivity contribution in [2.75, 3.05) is 36.0 Å². The van der Waals surface area contributed by atoms with Gasteiger partial charge in [0.1, 0.15) is 5.82 Å². The molecule has 1 atom stereocenters. The van der Waals surface area contributed by atoms with Crippen LogP contribution in [0.3, 0.4) is 0 Å². The normalized spacial score (nSPS) is 21.2. The number of para-hydroxylation sites is 1. The van der Waals surface area contributed by atoms with Crippen molar-refractivity contribution in [3.63, 3.8) is 0 Å². The Labute approximate surface area is 158 Å². The Morgan fingerprint density at radius 1 is 1.00 bits per heavy atom. The summed E-state index contributed by atoms with van der Waals surface area (Å²) >= 11 is 0. The van der Waals surface area contributed by atoms with Crippen molar-refractivity contribution in [2.45, 2.75) is 19.4 Å². The summed E-state index contributed by atoms with van der Waals surface area (Å²) in [6.45, 7) is 4.72. The quantitative estimate of drug-likeness (QED) is 0.828. The number of anilines is 2. The molecule has 27 heavy (non-hydrogen) atoms. The van der Waals surface area contributed by atoms with Crippen LogP contribution in [0, 0.1) is 12.7 Å². The van der Waals surface area contributed by atoms with Crippen LogP contribution in [0.4, 0.5) is 15.8 Å². The van der Waals surface area contributed by atoms with Gasteiger partial charge >= 0.3 is 0 Å². The van der Waals surface area contributed by atoms with Gasteiger partial charge in [-0.1, -0.05) is 29.8 Å². The first-order valence-electron chi connectivity index (χ1n) is 9.32. The second-order valence-corrected chi connectivity index (χ2v) is 7.26. The van der Waals surface area contributed by atoms with E-state index >= 15 is 0 Å². The molecule has 2 saturated heterocycles. The fourth-order valence-electron chi connectivity index (χ4n) is 4.01. The SMILES string of the molecule is Cc1ccc(N2C(=O)C[C@H]([NH+]3CCN(c4ccccc4F)CC3)C2=O)cc1. The largest absolute Gasteiger partial charge is 0.358 e. The maximum atomic E-state index is 14.0. The van der Waals surface area contributed by atoms with E-state index < -0.39 is 0 Å². The Hall–Kier alpha value is -2.73. The number of piperazine rings is 1. The maximum Gasteiger partial charge on any atom is 0.292 e. The van der Waals surface area contributed by atoms with Crippen molar-refractivity contribution < 1.29 is 18.9 Å². The van der Waals surface area contributed by atoms with Crippen molar-refractivity contribution in [3.8, 4) is 0 Å². The van der Waals surface area contributed by atoms with E-state index in [4.69, 9.17) is 0 Å². The predicted molar refractivity (Wildman–Crippen MR) is 101 cm³/mol. The number of nitrogens with one attached hydrogen (secondary N) is 1. The van der Waals surface area contributed by atoms with E-state index in [2.05, 4.69) is 0 Å². The van der Waals surface area contributed by atoms with Gasteiger partial charge in [-0.3, -0.25) is 9.59 Å². The summed E-state index contributed by atoms with van der Waals surface area (Å²) in [7, 11) is 0. The third kappa shape index (κ3) is 3.32. The lowest BCUT2D eigenvalue weighted by Crippen LogP contribution is -3.19. The Bertz CT molecular complexity index is 860. The first kappa shape index (κ1) is 17.7. The van der Waals surface area contributed by atoms with Gasteiger partial charge < -0.3 is 9.80 Å². The Morgan fingerprint density at radius 3 is 2.33 bits per heavy atom. The van der Waals surface area contributed by atoms with Crippen molar-refractivity contribution >= 4 is 23.2 Å². The van der Waals surface area contributed by atoms with Crippen LogP contribution in [-0.2, 0) is 9.59 Å². The standard InChI is InChI=1S/C21H22FN3O2/c1-15-6-8-16(9-7-15)25-20(26)14-19(21(25)27)24-12-10-23(11-13-24)18-5-3-2-4-17(18)22/h2-9,19H,10-14H2,1H3/p+1/t19-/m0/s1. The second-order valence-electron chi connectivity index (χ2n) is 7.26. The van der Waals surface area contributed by atoms with Crippen molar-refractivity contribution in [2.24, 2.45) is 0 Å². The molecule has 2 aromatic rings. The molecular weight excluding hydrogens is 345 g/mol. The zero-order valence-corrected chi connectivity index (χ0v) is 15.3. The summed E-state index contributed by atoms with van der Waals surface area (Å²) < 4.78 is 14.0. The number of imide groups is 1. The van der Waals surface area contributed by atoms with Crippen LogP contribution in [0.5, 0.6) is 0 Å². The Kier molecular flexibility index (Phi) is 4.66. The molecule has 140 valence electrons. The minimum atomic E-state index is -0.346. The van der Waals surface area contributed by atoms with E-state index in [1.807, 2.05) is 42.2 Å². The number of nitrogens with zero attached hydrogens (tertiary/aromatic N) is 2. The fourth-order valence-corrected chi connectivity index (χ4v) is 4.01. The van der Waals surface area contributed by atoms with Gasteiger partial charge in [-0.2, -0.15) is 0 Å². The van der Waals surface area contributed by atoms with Crippen molar-refractivity contribution in [1.29, 1.82) is 0 Å². The fraction of sp³-hybridized carbons (Fsp3) is 0.333. The topological polar surface area (TPSA) is 45.1 Å². The molecule has 2 aliphatic rings. The second kappa shape index (κ2) is 7.12. The van der Waals surface area contributed by atoms with E-state index in [0.29, 0.717) is 37.6 Å². The van der Waals surface area contributed by atoms with Crippen LogP contribution in [0.25, 0.3) is 0 Å². The van der Waals surface area contributed by atoms with Crippen LogP contribution in [0.2, 0.25) is 0 Å². The van der Waals surface area contributed by atoms with Crippen LogP contribution in [0.1, 0.15) is 12.0 Å². The smallest absolute Gasteiger partial charge is 0.292 e. The molecule has 2 aromatic carbocycles. The maximum absolute atomic E-state index is 14.0. The van der Waals surface area contributed by atoms with E-state index in [1.54, 1.807) is 12.1 Å². The molecule has 1 N–H and O–H groups in total. The molecule has 2 amide bonds. The first-order chi connectivity index (χ1) is 13.0. The van der Waals surface area contributed by atoms with Gasteiger partial charge in [0.05, 0.1) is 44.0 Å². The molecule has 0 bridgehead atoms. The number of carbonyl (C=O) groups excluding carboxylic acids is 2. The number of hydrogen-bond acceptors (Lipinski definition) is 3. The summed E-state index contributed by atoms with van der Waals surface area (Å²) in [6, 6.07) is 13.9. The number of halogens is 1. The number of amides is 2. The molecule has 5 nitrogen and oxygen atoms in total. The van der Waals surface area contributed by atoms with Gasteiger partial charge in [0.2, 0.25) is 5.91 Å². The zero-order valence-electron chi connectivity index (χ0n) is 15.3. The van der Waals surface area contributed by atoms with E-state index in [9.17, 15) is 14.0 Å². The first-order valence-corrected chi connectivity index (χ1v) is 9.32. The molecule has 2 fully saturated rings. The van der Waals surface area contributed by atoms with E-state index in [-0.39, 0.29) is 30.1 Å². The van der Waals surface area contributed by atoms with E-state index in [0.717, 1.165) is 10.5 Å². The lowest BCUT2D eigenvalue weighted by atomic mass is 10.1. The third-order valence-electron chi connectivity index (χ3n) is 5.53. The average molecular weight is 368 g/mol. The lowest BCUT2D eigenvalue weighted by Gasteiger charge is -2.35. The Morgan fingerprint density at radius 2 is 1.67 bits per heavy atom. The van der Waals surface area contributed by atoms with Crippen molar-refractivity contribution in [3.05, 3.63) is 59.9 Å². The highest BCUT2D eigenvalue weighted by Crippen LogP contribution is 2.23. The molecule has 4 rings (SSSR count). The lowest BCUT2D eigenvalue weighted by molar-refractivity contribution is -0.915. The van der Waals surface area contributed by atoms with Crippen molar-refractivity contribution in [1.82, 2.24) is 0 Å². The molecule has 0 aliphatic carbocycles. The van der Waals surface area contributed by atoms with Gasteiger partial charge in [0.25, 0.3) is 5.91 Å². The highest BCUT2D eigenvalue weighted by molar-refractivity contribution is 6.21. The summed E-state index contributed by atoms with van der Waals surface area (Å²) in [5, 5.41) is 0.